The first-order valence-corrected chi connectivity index (χ1v) is 12.2. The van der Waals surface area contributed by atoms with Gasteiger partial charge in [-0.2, -0.15) is 13.2 Å². The molecule has 0 spiro atoms. The smallest absolute Gasteiger partial charge is 0.453 e. The lowest BCUT2D eigenvalue weighted by molar-refractivity contribution is -0.944. The van der Waals surface area contributed by atoms with Crippen LogP contribution in [0, 0.1) is 0 Å². The van der Waals surface area contributed by atoms with Gasteiger partial charge in [-0.1, -0.05) is 37.3 Å². The zero-order chi connectivity index (χ0) is 25.4. The van der Waals surface area contributed by atoms with E-state index in [9.17, 15) is 23.1 Å². The first-order valence-electron chi connectivity index (χ1n) is 12.2. The van der Waals surface area contributed by atoms with Gasteiger partial charge in [-0.25, -0.2) is 0 Å². The summed E-state index contributed by atoms with van der Waals surface area (Å²) in [6.45, 7) is 3.19. The molecule has 1 fully saturated rings. The molecule has 8 heteroatoms. The summed E-state index contributed by atoms with van der Waals surface area (Å²) in [5.41, 5.74) is -0.965. The fraction of sp³-hybridized carbons (Fsp3) is 0.321. The number of likely N-dealkylation sites (tertiary alicyclic amines) is 1. The number of ether oxygens (including phenoxy) is 1. The minimum absolute atomic E-state index is 0.0592. The van der Waals surface area contributed by atoms with Crippen LogP contribution in [0.25, 0.3) is 21.7 Å². The predicted octanol–water partition coefficient (Wildman–Crippen LogP) is 5.81. The van der Waals surface area contributed by atoms with Crippen LogP contribution in [0.2, 0.25) is 0 Å². The van der Waals surface area contributed by atoms with Crippen molar-refractivity contribution in [3.05, 3.63) is 76.1 Å². The van der Waals surface area contributed by atoms with Gasteiger partial charge < -0.3 is 19.2 Å². The molecule has 0 radical (unpaired) electrons. The minimum atomic E-state index is -4.98. The van der Waals surface area contributed by atoms with Gasteiger partial charge in [0.2, 0.25) is 11.2 Å². The molecule has 188 valence electrons. The van der Waals surface area contributed by atoms with Crippen molar-refractivity contribution in [1.29, 1.82) is 0 Å². The molecular formula is C28H27F3NO4+. The molecule has 0 aliphatic carbocycles. The normalized spacial score (nSPS) is 18.6. The predicted molar refractivity (Wildman–Crippen MR) is 131 cm³/mol. The summed E-state index contributed by atoms with van der Waals surface area (Å²) in [5.74, 6) is -2.53. The maximum absolute atomic E-state index is 14.1. The summed E-state index contributed by atoms with van der Waals surface area (Å²) in [5, 5.41) is 12.2. The summed E-state index contributed by atoms with van der Waals surface area (Å²) in [6, 6.07) is 15.1. The SMILES string of the molecule is CC[C@H]1CCCC[NH+]1Cc1c(O)ccc2c(=O)c(Oc3ccc4ccccc4c3)c(C(F)(F)F)oc12. The van der Waals surface area contributed by atoms with Gasteiger partial charge in [-0.05, 0) is 60.7 Å². The number of halogens is 3. The van der Waals surface area contributed by atoms with Gasteiger partial charge >= 0.3 is 6.18 Å². The molecule has 2 atom stereocenters. The van der Waals surface area contributed by atoms with E-state index in [2.05, 4.69) is 6.92 Å². The molecule has 2 heterocycles. The van der Waals surface area contributed by atoms with Crippen LogP contribution in [0.4, 0.5) is 13.2 Å². The molecule has 1 aliphatic heterocycles. The van der Waals surface area contributed by atoms with Gasteiger partial charge in [0, 0.05) is 0 Å². The molecule has 1 aromatic heterocycles. The zero-order valence-corrected chi connectivity index (χ0v) is 19.8. The van der Waals surface area contributed by atoms with E-state index in [1.54, 1.807) is 24.3 Å². The average Bonchev–Trinajstić information content (AvgIpc) is 2.86. The van der Waals surface area contributed by atoms with Crippen molar-refractivity contribution in [2.45, 2.75) is 51.4 Å². The van der Waals surface area contributed by atoms with Crippen molar-refractivity contribution in [3.8, 4) is 17.2 Å². The molecular weight excluding hydrogens is 471 g/mol. The number of benzene rings is 3. The number of hydrogen-bond acceptors (Lipinski definition) is 4. The van der Waals surface area contributed by atoms with Crippen molar-refractivity contribution < 1.29 is 32.3 Å². The Kier molecular flexibility index (Phi) is 6.38. The van der Waals surface area contributed by atoms with Crippen molar-refractivity contribution in [3.63, 3.8) is 0 Å². The largest absolute Gasteiger partial charge is 0.507 e. The molecule has 2 N–H and O–H groups in total. The summed E-state index contributed by atoms with van der Waals surface area (Å²) in [4.78, 5) is 14.5. The van der Waals surface area contributed by atoms with E-state index in [4.69, 9.17) is 9.15 Å². The van der Waals surface area contributed by atoms with E-state index < -0.39 is 23.1 Å². The van der Waals surface area contributed by atoms with Crippen LogP contribution in [0.5, 0.6) is 17.2 Å². The van der Waals surface area contributed by atoms with Gasteiger partial charge in [0.05, 0.1) is 23.5 Å². The van der Waals surface area contributed by atoms with Crippen LogP contribution in [0.3, 0.4) is 0 Å². The van der Waals surface area contributed by atoms with Crippen LogP contribution >= 0.6 is 0 Å². The Hall–Kier alpha value is -3.52. The molecule has 0 amide bonds. The molecule has 3 aromatic carbocycles. The number of hydrogen-bond donors (Lipinski definition) is 2. The van der Waals surface area contributed by atoms with Crippen molar-refractivity contribution >= 4 is 21.7 Å². The summed E-state index contributed by atoms with van der Waals surface area (Å²) < 4.78 is 53.4. The highest BCUT2D eigenvalue weighted by Gasteiger charge is 2.41. The van der Waals surface area contributed by atoms with Crippen molar-refractivity contribution in [2.24, 2.45) is 0 Å². The second-order valence-electron chi connectivity index (χ2n) is 9.32. The van der Waals surface area contributed by atoms with Crippen LogP contribution in [-0.2, 0) is 12.7 Å². The Labute approximate surface area is 205 Å². The van der Waals surface area contributed by atoms with E-state index in [1.165, 1.54) is 23.1 Å². The fourth-order valence-electron chi connectivity index (χ4n) is 5.19. The number of piperidine rings is 1. The quantitative estimate of drug-likeness (QED) is 0.365. The van der Waals surface area contributed by atoms with Crippen LogP contribution in [0.1, 0.15) is 43.9 Å². The molecule has 5 nitrogen and oxygen atoms in total. The number of nitrogens with one attached hydrogen (secondary N) is 1. The first-order chi connectivity index (χ1) is 17.3. The number of phenolic OH excluding ortho intramolecular Hbond substituents is 1. The van der Waals surface area contributed by atoms with Gasteiger partial charge in [0.15, 0.2) is 5.58 Å². The Bertz CT molecular complexity index is 1480. The molecule has 0 bridgehead atoms. The number of rotatable bonds is 5. The lowest BCUT2D eigenvalue weighted by atomic mass is 9.98. The lowest BCUT2D eigenvalue weighted by Crippen LogP contribution is -3.15. The second-order valence-corrected chi connectivity index (χ2v) is 9.32. The second kappa shape index (κ2) is 9.50. The Balaban J connectivity index is 1.64. The maximum Gasteiger partial charge on any atom is 0.453 e. The summed E-state index contributed by atoms with van der Waals surface area (Å²) in [7, 11) is 0. The number of quaternary nitrogens is 1. The average molecular weight is 499 g/mol. The number of fused-ring (bicyclic) bond motifs is 2. The fourth-order valence-corrected chi connectivity index (χ4v) is 5.19. The Morgan fingerprint density at radius 1 is 1.08 bits per heavy atom. The van der Waals surface area contributed by atoms with Crippen LogP contribution < -0.4 is 15.1 Å². The molecule has 5 rings (SSSR count). The maximum atomic E-state index is 14.1. The van der Waals surface area contributed by atoms with E-state index in [0.717, 1.165) is 43.0 Å². The minimum Gasteiger partial charge on any atom is -0.507 e. The highest BCUT2D eigenvalue weighted by Crippen LogP contribution is 2.40. The highest BCUT2D eigenvalue weighted by molar-refractivity contribution is 5.85. The lowest BCUT2D eigenvalue weighted by Gasteiger charge is -2.32. The van der Waals surface area contributed by atoms with Crippen LogP contribution in [0.15, 0.2) is 63.8 Å². The molecule has 1 aliphatic rings. The van der Waals surface area contributed by atoms with Crippen LogP contribution in [-0.4, -0.2) is 17.7 Å². The summed E-state index contributed by atoms with van der Waals surface area (Å²) >= 11 is 0. The highest BCUT2D eigenvalue weighted by atomic mass is 19.4. The van der Waals surface area contributed by atoms with Gasteiger partial charge in [-0.3, -0.25) is 4.79 Å². The first kappa shape index (κ1) is 24.2. The van der Waals surface area contributed by atoms with E-state index >= 15 is 0 Å². The third-order valence-corrected chi connectivity index (χ3v) is 7.07. The van der Waals surface area contributed by atoms with E-state index in [-0.39, 0.29) is 34.6 Å². The molecule has 1 saturated heterocycles. The van der Waals surface area contributed by atoms with E-state index in [1.807, 2.05) is 12.1 Å². The number of phenols is 1. The number of aromatic hydroxyl groups is 1. The standard InChI is InChI=1S/C28H26F3NO4/c1-2-19-9-5-6-14-32(19)16-22-23(33)13-12-21-24(34)26(27(28(29,30)31)36-25(21)22)35-20-11-10-17-7-3-4-8-18(17)15-20/h3-4,7-8,10-13,15,19,33H,2,5-6,9,14,16H2,1H3/p+1/t19-/m0/s1. The molecule has 36 heavy (non-hydrogen) atoms. The molecule has 0 saturated carbocycles. The van der Waals surface area contributed by atoms with Gasteiger partial charge in [-0.15, -0.1) is 0 Å². The van der Waals surface area contributed by atoms with E-state index in [0.29, 0.717) is 6.04 Å². The summed E-state index contributed by atoms with van der Waals surface area (Å²) in [6.07, 6.45) is -0.946. The topological polar surface area (TPSA) is 64.1 Å². The Morgan fingerprint density at radius 2 is 1.86 bits per heavy atom. The zero-order valence-electron chi connectivity index (χ0n) is 19.8. The van der Waals surface area contributed by atoms with Gasteiger partial charge in [0.1, 0.15) is 18.0 Å². The number of alkyl halides is 3. The van der Waals surface area contributed by atoms with Gasteiger partial charge in [0.25, 0.3) is 5.76 Å². The molecule has 1 unspecified atom stereocenters. The third kappa shape index (κ3) is 4.53. The van der Waals surface area contributed by atoms with Crippen molar-refractivity contribution in [2.75, 3.05) is 6.54 Å². The Morgan fingerprint density at radius 3 is 2.61 bits per heavy atom. The third-order valence-electron chi connectivity index (χ3n) is 7.07. The van der Waals surface area contributed by atoms with Crippen molar-refractivity contribution in [1.82, 2.24) is 0 Å². The monoisotopic (exact) mass is 498 g/mol. The molecule has 4 aromatic rings.